The first-order valence-electron chi connectivity index (χ1n) is 12.3. The molecule has 5 aromatic rings. The number of halogens is 3. The van der Waals surface area contributed by atoms with Crippen molar-refractivity contribution in [1.29, 1.82) is 0 Å². The number of aromatic nitrogens is 5. The molecule has 0 spiro atoms. The Bertz CT molecular complexity index is 1480. The summed E-state index contributed by atoms with van der Waals surface area (Å²) < 4.78 is 50.4. The number of H-pyrrole nitrogens is 2. The van der Waals surface area contributed by atoms with Crippen molar-refractivity contribution >= 4 is 21.8 Å². The number of nitrogens with zero attached hydrogens (tertiary/aromatic N) is 3. The summed E-state index contributed by atoms with van der Waals surface area (Å²) >= 11 is 0. The average molecular weight is 525 g/mol. The first-order valence-corrected chi connectivity index (χ1v) is 12.3. The van der Waals surface area contributed by atoms with Gasteiger partial charge < -0.3 is 19.8 Å². The molecule has 198 valence electrons. The van der Waals surface area contributed by atoms with E-state index in [-0.39, 0.29) is 0 Å². The third kappa shape index (κ3) is 6.29. The van der Waals surface area contributed by atoms with Crippen LogP contribution < -0.4 is 10.1 Å². The van der Waals surface area contributed by atoms with Gasteiger partial charge in [0, 0.05) is 35.3 Å². The van der Waals surface area contributed by atoms with E-state index in [2.05, 4.69) is 30.7 Å². The minimum Gasteiger partial charge on any atom is -0.490 e. The van der Waals surface area contributed by atoms with E-state index in [1.807, 2.05) is 18.2 Å². The molecule has 0 aliphatic carbocycles. The molecule has 2 aromatic carbocycles. The van der Waals surface area contributed by atoms with Crippen LogP contribution in [0, 0.1) is 0 Å². The maximum absolute atomic E-state index is 12.9. The van der Waals surface area contributed by atoms with E-state index >= 15 is 0 Å². The molecule has 0 aliphatic rings. The van der Waals surface area contributed by atoms with Crippen molar-refractivity contribution in [2.45, 2.75) is 25.6 Å². The van der Waals surface area contributed by atoms with Crippen LogP contribution in [0.15, 0.2) is 61.1 Å². The Hall–Kier alpha value is -3.96. The summed E-state index contributed by atoms with van der Waals surface area (Å²) in [6, 6.07) is 11.3. The number of ether oxygens (including phenoxy) is 2. The molecule has 0 aliphatic heterocycles. The fourth-order valence-corrected chi connectivity index (χ4v) is 4.22. The number of hydrogen-bond acceptors (Lipinski definition) is 6. The monoisotopic (exact) mass is 524 g/mol. The highest BCUT2D eigenvalue weighted by Crippen LogP contribution is 2.32. The lowest BCUT2D eigenvalue weighted by Gasteiger charge is -2.10. The zero-order valence-electron chi connectivity index (χ0n) is 20.5. The number of fused-ring (bicyclic) bond motifs is 2. The van der Waals surface area contributed by atoms with Crippen LogP contribution in [0.3, 0.4) is 0 Å². The van der Waals surface area contributed by atoms with Gasteiger partial charge in [-0.15, -0.1) is 0 Å². The minimum atomic E-state index is -4.34. The fourth-order valence-electron chi connectivity index (χ4n) is 4.22. The van der Waals surface area contributed by atoms with Gasteiger partial charge in [-0.2, -0.15) is 28.5 Å². The summed E-state index contributed by atoms with van der Waals surface area (Å²) in [6.45, 7) is 2.82. The Kier molecular flexibility index (Phi) is 7.85. The molecule has 3 aromatic heterocycles. The molecule has 0 atom stereocenters. The number of rotatable bonds is 12. The number of alkyl halides is 3. The van der Waals surface area contributed by atoms with Crippen molar-refractivity contribution in [2.75, 3.05) is 26.4 Å². The van der Waals surface area contributed by atoms with Gasteiger partial charge in [-0.3, -0.25) is 5.10 Å². The summed E-state index contributed by atoms with van der Waals surface area (Å²) in [4.78, 5) is 3.15. The van der Waals surface area contributed by atoms with Gasteiger partial charge >= 0.3 is 6.18 Å². The second-order valence-corrected chi connectivity index (χ2v) is 8.88. The van der Waals surface area contributed by atoms with Crippen LogP contribution in [0.2, 0.25) is 0 Å². The zero-order chi connectivity index (χ0) is 26.4. The van der Waals surface area contributed by atoms with Gasteiger partial charge in [0.25, 0.3) is 0 Å². The molecule has 0 saturated heterocycles. The highest BCUT2D eigenvalue weighted by molar-refractivity contribution is 5.89. The smallest absolute Gasteiger partial charge is 0.416 e. The largest absolute Gasteiger partial charge is 0.490 e. The zero-order valence-corrected chi connectivity index (χ0v) is 20.5. The van der Waals surface area contributed by atoms with Crippen molar-refractivity contribution in [3.63, 3.8) is 0 Å². The Balaban J connectivity index is 0.994. The second kappa shape index (κ2) is 11.6. The highest BCUT2D eigenvalue weighted by Gasteiger charge is 2.30. The van der Waals surface area contributed by atoms with Crippen molar-refractivity contribution in [1.82, 2.24) is 30.7 Å². The second-order valence-electron chi connectivity index (χ2n) is 8.88. The lowest BCUT2D eigenvalue weighted by atomic mass is 10.1. The first kappa shape index (κ1) is 25.7. The summed E-state index contributed by atoms with van der Waals surface area (Å²) in [5.74, 6) is 0.725. The summed E-state index contributed by atoms with van der Waals surface area (Å²) in [7, 11) is 0. The normalized spacial score (nSPS) is 12.0. The fraction of sp³-hybridized carbons (Fsp3) is 0.296. The maximum Gasteiger partial charge on any atom is 0.416 e. The van der Waals surface area contributed by atoms with E-state index < -0.39 is 11.7 Å². The standard InChI is InChI=1S/C27H27F3N6O2/c28-27(29,30)21-3-4-24-20(11-21)12-22(35-24)16-31-6-1-2-8-37-9-10-38-26-14-19(18-5-7-32-33-15-18)13-25-23(26)17-34-36-25/h3-5,7,11-15,17,31,35H,1-2,6,8-10,16H2,(H,34,36). The quantitative estimate of drug-likeness (QED) is 0.187. The molecule has 3 N–H and O–H groups in total. The topological polar surface area (TPSA) is 101 Å². The highest BCUT2D eigenvalue weighted by atomic mass is 19.4. The Labute approximate surface area is 216 Å². The lowest BCUT2D eigenvalue weighted by Crippen LogP contribution is -2.15. The Morgan fingerprint density at radius 1 is 0.868 bits per heavy atom. The molecule has 0 bridgehead atoms. The summed E-state index contributed by atoms with van der Waals surface area (Å²) in [6.07, 6.45) is 2.54. The van der Waals surface area contributed by atoms with Crippen molar-refractivity contribution in [3.05, 3.63) is 72.3 Å². The van der Waals surface area contributed by atoms with E-state index in [1.54, 1.807) is 24.7 Å². The minimum absolute atomic E-state index is 0.410. The van der Waals surface area contributed by atoms with E-state index in [4.69, 9.17) is 9.47 Å². The van der Waals surface area contributed by atoms with Crippen molar-refractivity contribution < 1.29 is 22.6 Å². The van der Waals surface area contributed by atoms with Gasteiger partial charge in [0.05, 0.1) is 41.7 Å². The number of nitrogens with one attached hydrogen (secondary N) is 3. The maximum atomic E-state index is 12.9. The van der Waals surface area contributed by atoms with Gasteiger partial charge in [-0.25, -0.2) is 0 Å². The Morgan fingerprint density at radius 3 is 2.63 bits per heavy atom. The predicted octanol–water partition coefficient (Wildman–Crippen LogP) is 5.49. The Morgan fingerprint density at radius 2 is 1.79 bits per heavy atom. The molecule has 0 radical (unpaired) electrons. The first-order chi connectivity index (χ1) is 18.5. The molecule has 11 heteroatoms. The SMILES string of the molecule is FC(F)(F)c1ccc2[nH]c(CNCCCCOCCOc3cc(-c4ccnnc4)cc4[nH]ncc34)cc2c1. The van der Waals surface area contributed by atoms with Crippen LogP contribution in [0.5, 0.6) is 5.75 Å². The number of benzene rings is 2. The average Bonchev–Trinajstić information content (AvgIpc) is 3.56. The van der Waals surface area contributed by atoms with E-state index in [0.717, 1.165) is 58.9 Å². The van der Waals surface area contributed by atoms with Gasteiger partial charge in [-0.1, -0.05) is 0 Å². The summed E-state index contributed by atoms with van der Waals surface area (Å²) in [5, 5.41) is 19.6. The third-order valence-corrected chi connectivity index (χ3v) is 6.14. The number of hydrogen-bond donors (Lipinski definition) is 3. The molecule has 0 saturated carbocycles. The molecule has 3 heterocycles. The van der Waals surface area contributed by atoms with Crippen LogP contribution in [0.1, 0.15) is 24.1 Å². The van der Waals surface area contributed by atoms with Crippen LogP contribution in [0.4, 0.5) is 13.2 Å². The van der Waals surface area contributed by atoms with Crippen LogP contribution in [0.25, 0.3) is 32.9 Å². The molecular formula is C27H27F3N6O2. The van der Waals surface area contributed by atoms with E-state index in [0.29, 0.717) is 37.3 Å². The number of unbranched alkanes of at least 4 members (excludes halogenated alkanes) is 1. The van der Waals surface area contributed by atoms with Gasteiger partial charge in [0.15, 0.2) is 0 Å². The van der Waals surface area contributed by atoms with Crippen molar-refractivity contribution in [2.24, 2.45) is 0 Å². The molecular weight excluding hydrogens is 497 g/mol. The number of aromatic amines is 2. The van der Waals surface area contributed by atoms with E-state index in [1.165, 1.54) is 12.1 Å². The van der Waals surface area contributed by atoms with Crippen LogP contribution in [-0.2, 0) is 17.5 Å². The van der Waals surface area contributed by atoms with Crippen LogP contribution in [-0.4, -0.2) is 51.7 Å². The molecule has 0 amide bonds. The van der Waals surface area contributed by atoms with Crippen molar-refractivity contribution in [3.8, 4) is 16.9 Å². The third-order valence-electron chi connectivity index (χ3n) is 6.14. The molecule has 0 fully saturated rings. The molecule has 0 unspecified atom stereocenters. The summed E-state index contributed by atoms with van der Waals surface area (Å²) in [5.41, 5.74) is 3.68. The van der Waals surface area contributed by atoms with Crippen LogP contribution >= 0.6 is 0 Å². The molecule has 8 nitrogen and oxygen atoms in total. The molecule has 38 heavy (non-hydrogen) atoms. The van der Waals surface area contributed by atoms with Gasteiger partial charge in [-0.05, 0) is 67.4 Å². The van der Waals surface area contributed by atoms with E-state index in [9.17, 15) is 13.2 Å². The molecule has 5 rings (SSSR count). The predicted molar refractivity (Wildman–Crippen MR) is 138 cm³/mol. The van der Waals surface area contributed by atoms with Gasteiger partial charge in [0.1, 0.15) is 12.4 Å². The lowest BCUT2D eigenvalue weighted by molar-refractivity contribution is -0.137. The van der Waals surface area contributed by atoms with Gasteiger partial charge in [0.2, 0.25) is 0 Å².